The number of rotatable bonds is 6. The minimum absolute atomic E-state index is 0.0330. The minimum Gasteiger partial charge on any atom is -0.493 e. The fraction of sp³-hybridized carbons (Fsp3) is 0.357. The zero-order valence-corrected chi connectivity index (χ0v) is 12.8. The van der Waals surface area contributed by atoms with Gasteiger partial charge in [-0.25, -0.2) is 9.78 Å². The van der Waals surface area contributed by atoms with Crippen molar-refractivity contribution in [2.75, 3.05) is 27.9 Å². The molecule has 0 saturated carbocycles. The van der Waals surface area contributed by atoms with Crippen LogP contribution in [-0.4, -0.2) is 49.1 Å². The second-order valence-electron chi connectivity index (χ2n) is 4.14. The number of carbonyl (C=O) groups excluding carboxylic acids is 1. The molecule has 1 aromatic heterocycles. The zero-order valence-electron chi connectivity index (χ0n) is 12.8. The smallest absolute Gasteiger partial charge is 0.375 e. The maximum Gasteiger partial charge on any atom is 0.375 e. The summed E-state index contributed by atoms with van der Waals surface area (Å²) in [5, 5.41) is 6.55. The number of ether oxygens (including phenoxy) is 4. The third-order valence-electron chi connectivity index (χ3n) is 2.88. The molecule has 1 N–H and O–H groups in total. The number of hydrogen-bond donors (Lipinski definition) is 1. The predicted octanol–water partition coefficient (Wildman–Crippen LogP) is 1.67. The van der Waals surface area contributed by atoms with Gasteiger partial charge in [0.05, 0.1) is 27.9 Å². The van der Waals surface area contributed by atoms with Gasteiger partial charge in [0.2, 0.25) is 11.6 Å². The van der Waals surface area contributed by atoms with Crippen LogP contribution in [0.15, 0.2) is 12.1 Å². The highest BCUT2D eigenvalue weighted by atomic mass is 16.5. The minimum atomic E-state index is -0.561. The van der Waals surface area contributed by atoms with Crippen molar-refractivity contribution >= 4 is 5.97 Å². The van der Waals surface area contributed by atoms with Gasteiger partial charge >= 0.3 is 5.97 Å². The summed E-state index contributed by atoms with van der Waals surface area (Å²) in [7, 11) is 4.55. The first-order valence-electron chi connectivity index (χ1n) is 6.54. The summed E-state index contributed by atoms with van der Waals surface area (Å²) in [6.45, 7) is 1.98. The molecule has 0 aliphatic heterocycles. The van der Waals surface area contributed by atoms with Crippen LogP contribution in [-0.2, 0) is 4.74 Å². The highest BCUT2D eigenvalue weighted by Crippen LogP contribution is 2.40. The predicted molar refractivity (Wildman–Crippen MR) is 77.4 cm³/mol. The quantitative estimate of drug-likeness (QED) is 0.811. The number of esters is 1. The second-order valence-corrected chi connectivity index (χ2v) is 4.14. The Balaban J connectivity index is 2.42. The van der Waals surface area contributed by atoms with Gasteiger partial charge in [0.1, 0.15) is 0 Å². The Bertz CT molecular complexity index is 643. The summed E-state index contributed by atoms with van der Waals surface area (Å²) < 4.78 is 20.7. The standard InChI is InChI=1S/C14H17N3O5/c1-5-22-14(18)13-15-12(16-17-13)8-6-9(19-2)11(21-4)10(7-8)20-3/h6-7H,5H2,1-4H3,(H,15,16,17). The van der Waals surface area contributed by atoms with E-state index < -0.39 is 5.97 Å². The van der Waals surface area contributed by atoms with Crippen LogP contribution < -0.4 is 14.2 Å². The monoisotopic (exact) mass is 307 g/mol. The molecule has 0 spiro atoms. The van der Waals surface area contributed by atoms with Crippen LogP contribution in [0.5, 0.6) is 17.2 Å². The Morgan fingerprint density at radius 3 is 2.27 bits per heavy atom. The summed E-state index contributed by atoms with van der Waals surface area (Å²) in [6.07, 6.45) is 0. The molecular formula is C14H17N3O5. The van der Waals surface area contributed by atoms with Crippen molar-refractivity contribution in [3.63, 3.8) is 0 Å². The van der Waals surface area contributed by atoms with Crippen molar-refractivity contribution in [2.24, 2.45) is 0 Å². The number of hydrogen-bond acceptors (Lipinski definition) is 7. The fourth-order valence-corrected chi connectivity index (χ4v) is 1.89. The van der Waals surface area contributed by atoms with E-state index in [1.807, 2.05) is 0 Å². The molecule has 0 aliphatic carbocycles. The lowest BCUT2D eigenvalue weighted by Gasteiger charge is -2.12. The van der Waals surface area contributed by atoms with Crippen LogP contribution >= 0.6 is 0 Å². The Kier molecular flexibility index (Phi) is 4.82. The van der Waals surface area contributed by atoms with E-state index in [9.17, 15) is 4.79 Å². The van der Waals surface area contributed by atoms with E-state index in [0.29, 0.717) is 28.6 Å². The molecule has 2 rings (SSSR count). The summed E-state index contributed by atoms with van der Waals surface area (Å²) in [5.41, 5.74) is 0.612. The van der Waals surface area contributed by atoms with Crippen molar-refractivity contribution in [2.45, 2.75) is 6.92 Å². The van der Waals surface area contributed by atoms with E-state index in [0.717, 1.165) is 0 Å². The molecule has 0 fully saturated rings. The average molecular weight is 307 g/mol. The highest BCUT2D eigenvalue weighted by molar-refractivity contribution is 5.85. The van der Waals surface area contributed by atoms with E-state index in [4.69, 9.17) is 18.9 Å². The van der Waals surface area contributed by atoms with Gasteiger partial charge in [-0.2, -0.15) is 5.10 Å². The highest BCUT2D eigenvalue weighted by Gasteiger charge is 2.18. The van der Waals surface area contributed by atoms with Crippen LogP contribution in [0, 0.1) is 0 Å². The average Bonchev–Trinajstić information content (AvgIpc) is 3.03. The molecule has 0 radical (unpaired) electrons. The van der Waals surface area contributed by atoms with Crippen LogP contribution in [0.4, 0.5) is 0 Å². The van der Waals surface area contributed by atoms with Crippen LogP contribution in [0.3, 0.4) is 0 Å². The number of benzene rings is 1. The van der Waals surface area contributed by atoms with Gasteiger partial charge in [-0.3, -0.25) is 5.10 Å². The lowest BCUT2D eigenvalue weighted by molar-refractivity contribution is 0.0512. The lowest BCUT2D eigenvalue weighted by atomic mass is 10.1. The molecule has 118 valence electrons. The zero-order chi connectivity index (χ0) is 16.1. The van der Waals surface area contributed by atoms with E-state index in [1.165, 1.54) is 21.3 Å². The van der Waals surface area contributed by atoms with Gasteiger partial charge < -0.3 is 18.9 Å². The Morgan fingerprint density at radius 2 is 1.77 bits per heavy atom. The maximum absolute atomic E-state index is 11.6. The fourth-order valence-electron chi connectivity index (χ4n) is 1.89. The van der Waals surface area contributed by atoms with Crippen LogP contribution in [0.1, 0.15) is 17.5 Å². The number of nitrogens with zero attached hydrogens (tertiary/aromatic N) is 2. The van der Waals surface area contributed by atoms with Crippen molar-refractivity contribution < 1.29 is 23.7 Å². The topological polar surface area (TPSA) is 95.6 Å². The number of carbonyl (C=O) groups is 1. The normalized spacial score (nSPS) is 10.2. The van der Waals surface area contributed by atoms with Gasteiger partial charge in [-0.15, -0.1) is 0 Å². The molecular weight excluding hydrogens is 290 g/mol. The molecule has 0 bridgehead atoms. The number of H-pyrrole nitrogens is 1. The van der Waals surface area contributed by atoms with Gasteiger partial charge in [-0.1, -0.05) is 0 Å². The van der Waals surface area contributed by atoms with E-state index >= 15 is 0 Å². The molecule has 0 unspecified atom stereocenters. The molecule has 0 saturated heterocycles. The molecule has 0 atom stereocenters. The van der Waals surface area contributed by atoms with Gasteiger partial charge in [0.25, 0.3) is 0 Å². The molecule has 1 heterocycles. The Hall–Kier alpha value is -2.77. The number of aromatic nitrogens is 3. The number of methoxy groups -OCH3 is 3. The first-order valence-corrected chi connectivity index (χ1v) is 6.54. The van der Waals surface area contributed by atoms with Crippen molar-refractivity contribution in [3.8, 4) is 28.6 Å². The van der Waals surface area contributed by atoms with Gasteiger partial charge in [-0.05, 0) is 19.1 Å². The number of nitrogens with one attached hydrogen (secondary N) is 1. The molecule has 8 nitrogen and oxygen atoms in total. The Labute approximate surface area is 127 Å². The third-order valence-corrected chi connectivity index (χ3v) is 2.88. The maximum atomic E-state index is 11.6. The number of aromatic amines is 1. The van der Waals surface area contributed by atoms with Crippen molar-refractivity contribution in [1.82, 2.24) is 15.2 Å². The van der Waals surface area contributed by atoms with Crippen molar-refractivity contribution in [3.05, 3.63) is 18.0 Å². The van der Waals surface area contributed by atoms with Crippen molar-refractivity contribution in [1.29, 1.82) is 0 Å². The molecule has 8 heteroatoms. The van der Waals surface area contributed by atoms with Gasteiger partial charge in [0.15, 0.2) is 17.3 Å². The molecule has 0 amide bonds. The first-order chi connectivity index (χ1) is 10.6. The largest absolute Gasteiger partial charge is 0.493 e. The second kappa shape index (κ2) is 6.79. The summed E-state index contributed by atoms with van der Waals surface area (Å²) in [5.74, 6) is 1.20. The Morgan fingerprint density at radius 1 is 1.14 bits per heavy atom. The molecule has 2 aromatic rings. The van der Waals surface area contributed by atoms with Crippen LogP contribution in [0.25, 0.3) is 11.4 Å². The first kappa shape index (κ1) is 15.6. The molecule has 22 heavy (non-hydrogen) atoms. The van der Waals surface area contributed by atoms with E-state index in [-0.39, 0.29) is 12.4 Å². The summed E-state index contributed by atoms with van der Waals surface area (Å²) in [4.78, 5) is 15.7. The SMILES string of the molecule is CCOC(=O)c1nc(-c2cc(OC)c(OC)c(OC)c2)n[nH]1. The van der Waals surface area contributed by atoms with E-state index in [1.54, 1.807) is 19.1 Å². The van der Waals surface area contributed by atoms with Gasteiger partial charge in [0, 0.05) is 5.56 Å². The molecule has 0 aliphatic rings. The summed E-state index contributed by atoms with van der Waals surface area (Å²) in [6, 6.07) is 3.39. The van der Waals surface area contributed by atoms with E-state index in [2.05, 4.69) is 15.2 Å². The lowest BCUT2D eigenvalue weighted by Crippen LogP contribution is -2.06. The molecule has 1 aromatic carbocycles. The summed E-state index contributed by atoms with van der Waals surface area (Å²) >= 11 is 0. The third kappa shape index (κ3) is 2.95. The van der Waals surface area contributed by atoms with Crippen LogP contribution in [0.2, 0.25) is 0 Å².